The third-order valence-electron chi connectivity index (χ3n) is 11.7. The molecule has 0 unspecified atom stereocenters. The van der Waals surface area contributed by atoms with Gasteiger partial charge in [-0.2, -0.15) is 0 Å². The van der Waals surface area contributed by atoms with Crippen LogP contribution in [0.25, 0.3) is 22.0 Å². The summed E-state index contributed by atoms with van der Waals surface area (Å²) < 4.78 is 5.87. The second-order valence-electron chi connectivity index (χ2n) is 16.0. The summed E-state index contributed by atoms with van der Waals surface area (Å²) in [6.45, 7) is 3.86. The van der Waals surface area contributed by atoms with Crippen molar-refractivity contribution < 1.29 is 29.3 Å². The van der Waals surface area contributed by atoms with Crippen molar-refractivity contribution in [2.75, 3.05) is 50.4 Å². The number of aliphatic hydroxyl groups excluding tert-OH is 1. The SMILES string of the molecule is CN(CCCCC(=O)Nc1ccc(CNC[C@H](O)c2ccc(O)c3[nH]c(=O)ccc23)cc1)C(=O)CCN1C[C@H]2C[C@H](OC(=O)Nc3ccccc3-c3ccccc3)C[C@H]2C1. The van der Waals surface area contributed by atoms with E-state index in [0.29, 0.717) is 72.9 Å². The van der Waals surface area contributed by atoms with Crippen LogP contribution >= 0.6 is 0 Å². The first kappa shape index (κ1) is 42.1. The number of amides is 3. The van der Waals surface area contributed by atoms with E-state index in [1.807, 2.05) is 85.9 Å². The minimum Gasteiger partial charge on any atom is -0.506 e. The van der Waals surface area contributed by atoms with Crippen LogP contribution < -0.4 is 21.5 Å². The smallest absolute Gasteiger partial charge is 0.411 e. The number of anilines is 2. The highest BCUT2D eigenvalue weighted by atomic mass is 16.6. The fourth-order valence-corrected chi connectivity index (χ4v) is 8.52. The Hall–Kier alpha value is -6.02. The van der Waals surface area contributed by atoms with Gasteiger partial charge in [0, 0.05) is 81.9 Å². The number of carbonyl (C=O) groups is 3. The summed E-state index contributed by atoms with van der Waals surface area (Å²) in [6, 6.07) is 31.2. The van der Waals surface area contributed by atoms with E-state index in [4.69, 9.17) is 4.74 Å². The largest absolute Gasteiger partial charge is 0.506 e. The predicted molar refractivity (Wildman–Crippen MR) is 233 cm³/mol. The number of aromatic amines is 1. The maximum atomic E-state index is 12.9. The van der Waals surface area contributed by atoms with Gasteiger partial charge in [-0.1, -0.05) is 66.7 Å². The van der Waals surface area contributed by atoms with Gasteiger partial charge in [0.2, 0.25) is 17.4 Å². The van der Waals surface area contributed by atoms with Crippen LogP contribution in [0.5, 0.6) is 5.75 Å². The molecule has 13 heteroatoms. The predicted octanol–water partition coefficient (Wildman–Crippen LogP) is 6.64. The van der Waals surface area contributed by atoms with Crippen LogP contribution in [0.15, 0.2) is 108 Å². The molecule has 1 aliphatic heterocycles. The molecule has 1 aromatic heterocycles. The number of H-pyrrole nitrogens is 1. The number of phenolic OH excluding ortho intramolecular Hbond substituents is 1. The van der Waals surface area contributed by atoms with Crippen LogP contribution in [-0.4, -0.2) is 88.8 Å². The quantitative estimate of drug-likeness (QED) is 0.0562. The molecule has 0 radical (unpaired) electrons. The first-order chi connectivity index (χ1) is 29.1. The number of hydrogen-bond donors (Lipinski definition) is 6. The standard InChI is InChI=1S/C47H54N6O7/c1-52(45(58)22-24-53-29-33-25-36(26-34(33)30-53)60-47(59)50-40-12-6-5-11-37(40)32-9-3-2-4-10-32)23-8-7-13-43(56)49-35-16-14-31(15-17-35)27-48-28-42(55)38-18-20-41(54)46-39(38)19-21-44(57)51-46/h2-6,9-12,14-21,33-34,36,42,48,54-55H,7-8,13,22-30H2,1H3,(H,49,56)(H,50,59)(H,51,57)/t33-,34+,36+,42-/m0/s1. The van der Waals surface area contributed by atoms with Gasteiger partial charge in [0.25, 0.3) is 0 Å². The van der Waals surface area contributed by atoms with E-state index in [1.54, 1.807) is 17.0 Å². The molecule has 5 aromatic rings. The first-order valence-electron chi connectivity index (χ1n) is 20.8. The Morgan fingerprint density at radius 1 is 0.867 bits per heavy atom. The van der Waals surface area contributed by atoms with E-state index in [-0.39, 0.29) is 35.8 Å². The third kappa shape index (κ3) is 11.0. The number of hydrogen-bond acceptors (Lipinski definition) is 9. The Bertz CT molecular complexity index is 2300. The normalized spacial score (nSPS) is 17.9. The van der Waals surface area contributed by atoms with Crippen LogP contribution in [0.4, 0.5) is 16.2 Å². The number of phenols is 1. The van der Waals surface area contributed by atoms with Crippen LogP contribution in [0, 0.1) is 11.8 Å². The fourth-order valence-electron chi connectivity index (χ4n) is 8.52. The molecule has 60 heavy (non-hydrogen) atoms. The van der Waals surface area contributed by atoms with E-state index >= 15 is 0 Å². The highest BCUT2D eigenvalue weighted by Crippen LogP contribution is 2.40. The minimum atomic E-state index is -0.860. The molecule has 6 N–H and O–H groups in total. The lowest BCUT2D eigenvalue weighted by atomic mass is 10.0. The van der Waals surface area contributed by atoms with Gasteiger partial charge in [0.05, 0.1) is 17.3 Å². The number of rotatable bonds is 17. The number of carbonyl (C=O) groups excluding carboxylic acids is 3. The van der Waals surface area contributed by atoms with E-state index in [0.717, 1.165) is 54.7 Å². The lowest BCUT2D eigenvalue weighted by Crippen LogP contribution is -2.33. The average Bonchev–Trinajstić information content (AvgIpc) is 3.81. The molecule has 0 bridgehead atoms. The number of nitrogens with one attached hydrogen (secondary N) is 4. The van der Waals surface area contributed by atoms with Gasteiger partial charge in [0.1, 0.15) is 11.9 Å². The molecule has 314 valence electrons. The van der Waals surface area contributed by atoms with Crippen LogP contribution in [0.1, 0.15) is 55.8 Å². The number of pyridine rings is 1. The van der Waals surface area contributed by atoms with Crippen molar-refractivity contribution >= 4 is 40.2 Å². The second-order valence-corrected chi connectivity index (χ2v) is 16.0. The topological polar surface area (TPSA) is 176 Å². The minimum absolute atomic E-state index is 0.0552. The molecule has 4 aromatic carbocycles. The Morgan fingerprint density at radius 3 is 2.37 bits per heavy atom. The average molecular weight is 815 g/mol. The zero-order chi connectivity index (χ0) is 42.0. The van der Waals surface area contributed by atoms with Gasteiger partial charge in [-0.05, 0) is 84.5 Å². The molecular weight excluding hydrogens is 761 g/mol. The number of likely N-dealkylation sites (tertiary alicyclic amines) is 1. The molecule has 1 saturated heterocycles. The van der Waals surface area contributed by atoms with Crippen molar-refractivity contribution in [3.05, 3.63) is 125 Å². The third-order valence-corrected chi connectivity index (χ3v) is 11.7. The molecule has 4 atom stereocenters. The number of benzene rings is 4. The van der Waals surface area contributed by atoms with Gasteiger partial charge in [-0.3, -0.25) is 19.7 Å². The van der Waals surface area contributed by atoms with Gasteiger partial charge < -0.3 is 40.4 Å². The van der Waals surface area contributed by atoms with Gasteiger partial charge >= 0.3 is 6.09 Å². The molecule has 0 spiro atoms. The number of fused-ring (bicyclic) bond motifs is 2. The van der Waals surface area contributed by atoms with Crippen molar-refractivity contribution in [2.45, 2.75) is 57.3 Å². The maximum Gasteiger partial charge on any atom is 0.411 e. The summed E-state index contributed by atoms with van der Waals surface area (Å²) in [5.74, 6) is 0.867. The molecule has 3 amide bonds. The molecule has 2 heterocycles. The Labute approximate surface area is 349 Å². The Morgan fingerprint density at radius 2 is 1.60 bits per heavy atom. The van der Waals surface area contributed by atoms with E-state index < -0.39 is 12.2 Å². The molecule has 1 saturated carbocycles. The number of aromatic hydroxyl groups is 1. The Kier molecular flexibility index (Phi) is 13.9. The van der Waals surface area contributed by atoms with E-state index in [2.05, 4.69) is 25.8 Å². The van der Waals surface area contributed by atoms with Crippen molar-refractivity contribution in [1.82, 2.24) is 20.1 Å². The fraction of sp³-hybridized carbons (Fsp3) is 0.362. The summed E-state index contributed by atoms with van der Waals surface area (Å²) in [5, 5.41) is 30.6. The number of ether oxygens (including phenoxy) is 1. The number of aliphatic hydroxyl groups is 1. The maximum absolute atomic E-state index is 12.9. The van der Waals surface area contributed by atoms with Gasteiger partial charge in [-0.15, -0.1) is 0 Å². The van der Waals surface area contributed by atoms with E-state index in [1.165, 1.54) is 12.1 Å². The van der Waals surface area contributed by atoms with Gasteiger partial charge in [0.15, 0.2) is 0 Å². The number of unbranched alkanes of at least 4 members (excludes halogenated alkanes) is 1. The van der Waals surface area contributed by atoms with Gasteiger partial charge in [-0.25, -0.2) is 4.79 Å². The van der Waals surface area contributed by atoms with Crippen molar-refractivity contribution in [3.8, 4) is 16.9 Å². The summed E-state index contributed by atoms with van der Waals surface area (Å²) >= 11 is 0. The molecule has 2 fully saturated rings. The van der Waals surface area contributed by atoms with Crippen molar-refractivity contribution in [2.24, 2.45) is 11.8 Å². The number of para-hydroxylation sites is 1. The lowest BCUT2D eigenvalue weighted by molar-refractivity contribution is -0.130. The number of aromatic nitrogens is 1. The van der Waals surface area contributed by atoms with Crippen LogP contribution in [-0.2, 0) is 20.9 Å². The summed E-state index contributed by atoms with van der Waals surface area (Å²) in [4.78, 5) is 56.9. The zero-order valence-electron chi connectivity index (χ0n) is 33.9. The highest BCUT2D eigenvalue weighted by Gasteiger charge is 2.42. The molecular formula is C47H54N6O7. The molecule has 7 rings (SSSR count). The van der Waals surface area contributed by atoms with Crippen LogP contribution in [0.2, 0.25) is 0 Å². The number of nitrogens with zero attached hydrogens (tertiary/aromatic N) is 2. The summed E-state index contributed by atoms with van der Waals surface area (Å²) in [6.07, 6.45) is 2.46. The van der Waals surface area contributed by atoms with Crippen molar-refractivity contribution in [3.63, 3.8) is 0 Å². The molecule has 2 aliphatic rings. The monoisotopic (exact) mass is 814 g/mol. The second kappa shape index (κ2) is 19.8. The summed E-state index contributed by atoms with van der Waals surface area (Å²) in [7, 11) is 1.82. The van der Waals surface area contributed by atoms with E-state index in [9.17, 15) is 29.4 Å². The molecule has 1 aliphatic carbocycles. The first-order valence-corrected chi connectivity index (χ1v) is 20.8. The highest BCUT2D eigenvalue weighted by molar-refractivity contribution is 5.92. The zero-order valence-corrected chi connectivity index (χ0v) is 33.9. The Balaban J connectivity index is 0.738. The summed E-state index contributed by atoms with van der Waals surface area (Å²) in [5.41, 5.74) is 4.93. The van der Waals surface area contributed by atoms with Crippen LogP contribution in [0.3, 0.4) is 0 Å². The molecule has 13 nitrogen and oxygen atoms in total. The van der Waals surface area contributed by atoms with Crippen molar-refractivity contribution in [1.29, 1.82) is 0 Å². The lowest BCUT2D eigenvalue weighted by Gasteiger charge is -2.21.